The van der Waals surface area contributed by atoms with E-state index in [1.54, 1.807) is 30.3 Å². The molecule has 1 aliphatic carbocycles. The molecule has 0 spiro atoms. The number of benzene rings is 1. The molecule has 9 heteroatoms. The van der Waals surface area contributed by atoms with Crippen molar-refractivity contribution < 1.29 is 17.6 Å². The van der Waals surface area contributed by atoms with E-state index in [-0.39, 0.29) is 4.21 Å². The van der Waals surface area contributed by atoms with Gasteiger partial charge in [-0.1, -0.05) is 12.1 Å². The van der Waals surface area contributed by atoms with E-state index < -0.39 is 10.0 Å². The third-order valence-electron chi connectivity index (χ3n) is 3.86. The van der Waals surface area contributed by atoms with Crippen LogP contribution in [0.2, 0.25) is 0 Å². The Bertz CT molecular complexity index is 1020. The van der Waals surface area contributed by atoms with Gasteiger partial charge in [-0.25, -0.2) is 8.42 Å². The zero-order chi connectivity index (χ0) is 18.1. The van der Waals surface area contributed by atoms with Gasteiger partial charge in [-0.15, -0.1) is 21.5 Å². The van der Waals surface area contributed by atoms with Crippen LogP contribution in [0.1, 0.15) is 31.6 Å². The molecule has 2 heterocycles. The molecule has 1 aliphatic rings. The van der Waals surface area contributed by atoms with E-state index in [0.29, 0.717) is 40.6 Å². The Morgan fingerprint density at radius 2 is 2.04 bits per heavy atom. The summed E-state index contributed by atoms with van der Waals surface area (Å²) in [4.78, 5) is 0.628. The lowest BCUT2D eigenvalue weighted by Crippen LogP contribution is -2.12. The van der Waals surface area contributed by atoms with Crippen molar-refractivity contribution in [1.29, 1.82) is 0 Å². The second-order valence-corrected chi connectivity index (χ2v) is 8.87. The zero-order valence-electron chi connectivity index (χ0n) is 14.0. The first-order valence-electron chi connectivity index (χ1n) is 8.25. The molecular weight excluding hydrogens is 374 g/mol. The minimum absolute atomic E-state index is 0.171. The Labute approximate surface area is 155 Å². The van der Waals surface area contributed by atoms with Gasteiger partial charge in [0.25, 0.3) is 15.9 Å². The molecule has 7 nitrogen and oxygen atoms in total. The van der Waals surface area contributed by atoms with Gasteiger partial charge in [0.1, 0.15) is 9.96 Å². The number of ether oxygens (including phenoxy) is 1. The van der Waals surface area contributed by atoms with Crippen LogP contribution in [-0.4, -0.2) is 25.2 Å². The van der Waals surface area contributed by atoms with Crippen molar-refractivity contribution >= 4 is 27.0 Å². The van der Waals surface area contributed by atoms with Crippen molar-refractivity contribution in [3.63, 3.8) is 0 Å². The molecule has 4 rings (SSSR count). The Morgan fingerprint density at radius 3 is 2.81 bits per heavy atom. The van der Waals surface area contributed by atoms with Gasteiger partial charge in [-0.05, 0) is 44.0 Å². The predicted octanol–water partition coefficient (Wildman–Crippen LogP) is 3.88. The van der Waals surface area contributed by atoms with E-state index in [0.717, 1.165) is 24.2 Å². The standard InChI is InChI=1S/C17H17N3O4S2/c1-2-23-13-6-4-3-5-12(13)20-26(21,22)15-10-9-14(25-15)17-19-18-16(24-17)11-7-8-11/h3-6,9-11,20H,2,7-8H2,1H3. The van der Waals surface area contributed by atoms with Gasteiger partial charge >= 0.3 is 0 Å². The minimum Gasteiger partial charge on any atom is -0.492 e. The third-order valence-corrected chi connectivity index (χ3v) is 6.79. The number of thiophene rings is 1. The van der Waals surface area contributed by atoms with Crippen LogP contribution in [0.4, 0.5) is 5.69 Å². The van der Waals surface area contributed by atoms with E-state index >= 15 is 0 Å². The summed E-state index contributed by atoms with van der Waals surface area (Å²) in [5.41, 5.74) is 0.401. The molecule has 0 saturated heterocycles. The fourth-order valence-electron chi connectivity index (χ4n) is 2.44. The zero-order valence-corrected chi connectivity index (χ0v) is 15.6. The molecule has 3 aromatic rings. The molecule has 0 bridgehead atoms. The normalized spacial score (nSPS) is 14.3. The van der Waals surface area contributed by atoms with Crippen LogP contribution < -0.4 is 9.46 Å². The van der Waals surface area contributed by atoms with Crippen LogP contribution in [0.3, 0.4) is 0 Å². The lowest BCUT2D eigenvalue weighted by molar-refractivity contribution is 0.342. The van der Waals surface area contributed by atoms with Gasteiger partial charge in [-0.2, -0.15) is 0 Å². The molecule has 26 heavy (non-hydrogen) atoms. The van der Waals surface area contributed by atoms with Gasteiger partial charge < -0.3 is 9.15 Å². The molecule has 0 atom stereocenters. The summed E-state index contributed by atoms with van der Waals surface area (Å²) >= 11 is 1.09. The first-order valence-corrected chi connectivity index (χ1v) is 10.5. The van der Waals surface area contributed by atoms with Crippen LogP contribution in [0.5, 0.6) is 5.75 Å². The number of sulfonamides is 1. The van der Waals surface area contributed by atoms with Crippen molar-refractivity contribution in [1.82, 2.24) is 10.2 Å². The fraction of sp³-hybridized carbons (Fsp3) is 0.294. The van der Waals surface area contributed by atoms with Crippen molar-refractivity contribution in [2.45, 2.75) is 29.9 Å². The first-order chi connectivity index (χ1) is 12.6. The van der Waals surface area contributed by atoms with E-state index in [2.05, 4.69) is 14.9 Å². The second-order valence-electron chi connectivity index (χ2n) is 5.87. The Hall–Kier alpha value is -2.39. The van der Waals surface area contributed by atoms with E-state index in [9.17, 15) is 8.42 Å². The highest BCUT2D eigenvalue weighted by Crippen LogP contribution is 2.41. The molecule has 0 radical (unpaired) electrons. The summed E-state index contributed by atoms with van der Waals surface area (Å²) in [6, 6.07) is 10.1. The summed E-state index contributed by atoms with van der Waals surface area (Å²) in [5.74, 6) is 1.83. The summed E-state index contributed by atoms with van der Waals surface area (Å²) in [6.45, 7) is 2.29. The quantitative estimate of drug-likeness (QED) is 0.657. The van der Waals surface area contributed by atoms with Crippen LogP contribution in [-0.2, 0) is 10.0 Å². The maximum atomic E-state index is 12.7. The molecule has 2 aromatic heterocycles. The second kappa shape index (κ2) is 6.73. The lowest BCUT2D eigenvalue weighted by atomic mass is 10.3. The summed E-state index contributed by atoms with van der Waals surface area (Å²) < 4.78 is 39.3. The van der Waals surface area contributed by atoms with Gasteiger partial charge in [0.15, 0.2) is 0 Å². The average Bonchev–Trinajstić information content (AvgIpc) is 3.14. The number of rotatable bonds is 7. The van der Waals surface area contributed by atoms with E-state index in [1.165, 1.54) is 6.07 Å². The highest BCUT2D eigenvalue weighted by molar-refractivity contribution is 7.94. The number of nitrogens with zero attached hydrogens (tertiary/aromatic N) is 2. The maximum Gasteiger partial charge on any atom is 0.271 e. The van der Waals surface area contributed by atoms with Crippen LogP contribution in [0.25, 0.3) is 10.8 Å². The molecule has 0 unspecified atom stereocenters. The highest BCUT2D eigenvalue weighted by atomic mass is 32.2. The van der Waals surface area contributed by atoms with Crippen LogP contribution in [0, 0.1) is 0 Å². The number of nitrogens with one attached hydrogen (secondary N) is 1. The Kier molecular flexibility index (Phi) is 4.41. The highest BCUT2D eigenvalue weighted by Gasteiger charge is 2.30. The van der Waals surface area contributed by atoms with E-state index in [1.807, 2.05) is 6.92 Å². The number of hydrogen-bond donors (Lipinski definition) is 1. The number of hydrogen-bond acceptors (Lipinski definition) is 7. The molecule has 1 saturated carbocycles. The number of para-hydroxylation sites is 2. The maximum absolute atomic E-state index is 12.7. The molecule has 1 aromatic carbocycles. The SMILES string of the molecule is CCOc1ccccc1NS(=O)(=O)c1ccc(-c2nnc(C3CC3)o2)s1. The Morgan fingerprint density at radius 1 is 1.23 bits per heavy atom. The largest absolute Gasteiger partial charge is 0.492 e. The van der Waals surface area contributed by atoms with Gasteiger partial charge in [0, 0.05) is 5.92 Å². The topological polar surface area (TPSA) is 94.3 Å². The van der Waals surface area contributed by atoms with Crippen molar-refractivity contribution in [3.8, 4) is 16.5 Å². The molecule has 1 N–H and O–H groups in total. The summed E-state index contributed by atoms with van der Waals surface area (Å²) in [7, 11) is -3.74. The van der Waals surface area contributed by atoms with Crippen LogP contribution >= 0.6 is 11.3 Å². The van der Waals surface area contributed by atoms with Gasteiger partial charge in [0.2, 0.25) is 5.89 Å². The Balaban J connectivity index is 1.57. The average molecular weight is 391 g/mol. The lowest BCUT2D eigenvalue weighted by Gasteiger charge is -2.11. The van der Waals surface area contributed by atoms with Gasteiger partial charge in [0.05, 0.1) is 17.2 Å². The first kappa shape index (κ1) is 17.0. The molecule has 1 fully saturated rings. The third kappa shape index (κ3) is 3.45. The molecule has 0 amide bonds. The van der Waals surface area contributed by atoms with Crippen molar-refractivity contribution in [3.05, 3.63) is 42.3 Å². The summed E-state index contributed by atoms with van der Waals surface area (Å²) in [6.07, 6.45) is 2.13. The predicted molar refractivity (Wildman–Crippen MR) is 98.0 cm³/mol. The van der Waals surface area contributed by atoms with Crippen LogP contribution in [0.15, 0.2) is 45.0 Å². The van der Waals surface area contributed by atoms with Crippen molar-refractivity contribution in [2.75, 3.05) is 11.3 Å². The molecule has 0 aliphatic heterocycles. The smallest absolute Gasteiger partial charge is 0.271 e. The minimum atomic E-state index is -3.74. The van der Waals surface area contributed by atoms with Crippen molar-refractivity contribution in [2.24, 2.45) is 0 Å². The number of anilines is 1. The fourth-order valence-corrected chi connectivity index (χ4v) is 4.73. The van der Waals surface area contributed by atoms with E-state index in [4.69, 9.17) is 9.15 Å². The van der Waals surface area contributed by atoms with Gasteiger partial charge in [-0.3, -0.25) is 4.72 Å². The monoisotopic (exact) mass is 391 g/mol. The molecule has 136 valence electrons. The molecular formula is C17H17N3O4S2. The number of aromatic nitrogens is 2. The summed E-state index contributed by atoms with van der Waals surface area (Å²) in [5, 5.41) is 8.06.